The molecule has 0 amide bonds. The Bertz CT molecular complexity index is 1380. The van der Waals surface area contributed by atoms with Crippen LogP contribution in [0.25, 0.3) is 21.8 Å². The van der Waals surface area contributed by atoms with Crippen LogP contribution in [0.15, 0.2) is 57.8 Å². The molecule has 0 radical (unpaired) electrons. The number of nitrogens with zero attached hydrogens (tertiary/aromatic N) is 2. The van der Waals surface area contributed by atoms with Crippen molar-refractivity contribution in [3.63, 3.8) is 0 Å². The lowest BCUT2D eigenvalue weighted by molar-refractivity contribution is -0.146. The number of halogens is 1. The number of fused-ring (bicyclic) bond motifs is 3. The number of hydrogen-bond acceptors (Lipinski definition) is 5. The summed E-state index contributed by atoms with van der Waals surface area (Å²) < 4.78 is 13.9. The summed E-state index contributed by atoms with van der Waals surface area (Å²) in [5, 5.41) is 5.70. The molecule has 170 valence electrons. The van der Waals surface area contributed by atoms with Gasteiger partial charge in [-0.05, 0) is 72.4 Å². The number of pyridine rings is 1. The number of hydrogen-bond donors (Lipinski definition) is 0. The van der Waals surface area contributed by atoms with Crippen LogP contribution >= 0.6 is 22.6 Å². The van der Waals surface area contributed by atoms with E-state index < -0.39 is 0 Å². The lowest BCUT2D eigenvalue weighted by atomic mass is 9.83. The average Bonchev–Trinajstić information content (AvgIpc) is 3.20. The number of ether oxygens (including phenoxy) is 1. The average molecular weight is 556 g/mol. The van der Waals surface area contributed by atoms with Crippen LogP contribution < -0.4 is 5.56 Å². The monoisotopic (exact) mass is 556 g/mol. The van der Waals surface area contributed by atoms with Crippen molar-refractivity contribution in [3.8, 4) is 0 Å². The van der Waals surface area contributed by atoms with Crippen molar-refractivity contribution in [2.45, 2.75) is 51.7 Å². The molecule has 0 bridgehead atoms. The minimum absolute atomic E-state index is 0.0255. The van der Waals surface area contributed by atoms with Crippen molar-refractivity contribution < 1.29 is 14.1 Å². The second-order valence-electron chi connectivity index (χ2n) is 8.81. The highest BCUT2D eigenvalue weighted by Crippen LogP contribution is 2.37. The van der Waals surface area contributed by atoms with Crippen LogP contribution in [0.5, 0.6) is 0 Å². The van der Waals surface area contributed by atoms with Crippen LogP contribution in [-0.2, 0) is 16.1 Å². The molecule has 2 atom stereocenters. The van der Waals surface area contributed by atoms with Gasteiger partial charge in [-0.15, -0.1) is 0 Å². The van der Waals surface area contributed by atoms with Crippen LogP contribution in [0.3, 0.4) is 0 Å². The molecular weight excluding hydrogens is 531 g/mol. The molecule has 5 rings (SSSR count). The summed E-state index contributed by atoms with van der Waals surface area (Å²) in [6.45, 7) is 2.08. The Morgan fingerprint density at radius 2 is 1.97 bits per heavy atom. The highest BCUT2D eigenvalue weighted by molar-refractivity contribution is 14.1. The zero-order valence-corrected chi connectivity index (χ0v) is 20.6. The summed E-state index contributed by atoms with van der Waals surface area (Å²) in [5.41, 5.74) is 2.43. The Balaban J connectivity index is 1.41. The molecule has 1 saturated carbocycles. The number of benzene rings is 2. The highest BCUT2D eigenvalue weighted by Gasteiger charge is 2.29. The Labute approximate surface area is 205 Å². The molecule has 0 saturated heterocycles. The van der Waals surface area contributed by atoms with Gasteiger partial charge < -0.3 is 13.8 Å². The van der Waals surface area contributed by atoms with E-state index in [4.69, 9.17) is 9.26 Å². The van der Waals surface area contributed by atoms with Gasteiger partial charge in [0.15, 0.2) is 0 Å². The molecule has 1 fully saturated rings. The zero-order chi connectivity index (χ0) is 22.9. The lowest BCUT2D eigenvalue weighted by Gasteiger charge is -2.31. The molecule has 0 aliphatic heterocycles. The van der Waals surface area contributed by atoms with Crippen molar-refractivity contribution in [1.29, 1.82) is 0 Å². The summed E-state index contributed by atoms with van der Waals surface area (Å²) in [4.78, 5) is 26.1. The summed E-state index contributed by atoms with van der Waals surface area (Å²) in [7, 11) is 0. The Morgan fingerprint density at radius 3 is 2.79 bits per heavy atom. The second kappa shape index (κ2) is 9.29. The van der Waals surface area contributed by atoms with E-state index in [2.05, 4.69) is 27.7 Å². The van der Waals surface area contributed by atoms with Gasteiger partial charge in [0, 0.05) is 21.4 Å². The lowest BCUT2D eigenvalue weighted by Crippen LogP contribution is -2.30. The van der Waals surface area contributed by atoms with Crippen LogP contribution in [0.2, 0.25) is 0 Å². The van der Waals surface area contributed by atoms with Crippen LogP contribution in [0, 0.1) is 16.4 Å². The van der Waals surface area contributed by atoms with Crippen molar-refractivity contribution in [3.05, 3.63) is 73.8 Å². The number of carbonyl (C=O) groups excluding carboxylic acids is 1. The third-order valence-electron chi connectivity index (χ3n) is 6.60. The maximum Gasteiger partial charge on any atom is 0.306 e. The first-order chi connectivity index (χ1) is 16.0. The number of aryl methyl sites for hydroxylation is 1. The van der Waals surface area contributed by atoms with Crippen molar-refractivity contribution in [2.75, 3.05) is 0 Å². The van der Waals surface area contributed by atoms with E-state index in [1.54, 1.807) is 6.92 Å². The van der Waals surface area contributed by atoms with Gasteiger partial charge in [0.25, 0.3) is 5.56 Å². The van der Waals surface area contributed by atoms with E-state index in [0.717, 1.165) is 45.7 Å². The van der Waals surface area contributed by atoms with Gasteiger partial charge in [-0.3, -0.25) is 9.59 Å². The number of esters is 1. The standard InChI is InChI=1S/C26H25IN2O4/c1-16-23-25(28-33-16)24-20(27)11-6-12-21(24)29(26(23)31)19-10-5-9-18(13-19)14-22(30)32-15-17-7-3-2-4-8-17/h2-4,6-8,11-12,18-19H,5,9-10,13-15H2,1H3. The first-order valence-electron chi connectivity index (χ1n) is 11.3. The third-order valence-corrected chi connectivity index (χ3v) is 7.50. The molecule has 4 aromatic rings. The number of rotatable bonds is 5. The summed E-state index contributed by atoms with van der Waals surface area (Å²) >= 11 is 2.29. The normalized spacial score (nSPS) is 18.6. The third kappa shape index (κ3) is 4.30. The Kier molecular flexibility index (Phi) is 6.23. The summed E-state index contributed by atoms with van der Waals surface area (Å²) in [6, 6.07) is 15.7. The van der Waals surface area contributed by atoms with Gasteiger partial charge >= 0.3 is 5.97 Å². The van der Waals surface area contributed by atoms with E-state index in [9.17, 15) is 9.59 Å². The van der Waals surface area contributed by atoms with E-state index >= 15 is 0 Å². The van der Waals surface area contributed by atoms with Gasteiger partial charge in [0.1, 0.15) is 23.3 Å². The first kappa shape index (κ1) is 22.1. The molecule has 1 aliphatic carbocycles. The SMILES string of the molecule is Cc1onc2c1c(=O)n(C1CCCC(CC(=O)OCc3ccccc3)C1)c1cccc(I)c21. The smallest absolute Gasteiger partial charge is 0.306 e. The summed E-state index contributed by atoms with van der Waals surface area (Å²) in [6.07, 6.45) is 4.00. The largest absolute Gasteiger partial charge is 0.461 e. The molecule has 2 heterocycles. The van der Waals surface area contributed by atoms with E-state index in [0.29, 0.717) is 29.7 Å². The first-order valence-corrected chi connectivity index (χ1v) is 12.4. The second-order valence-corrected chi connectivity index (χ2v) is 9.97. The maximum atomic E-state index is 13.6. The Morgan fingerprint density at radius 1 is 1.15 bits per heavy atom. The van der Waals surface area contributed by atoms with Crippen molar-refractivity contribution in [1.82, 2.24) is 9.72 Å². The van der Waals surface area contributed by atoms with E-state index in [1.807, 2.05) is 53.1 Å². The topological polar surface area (TPSA) is 74.3 Å². The predicted octanol–water partition coefficient (Wildman–Crippen LogP) is 5.92. The molecule has 6 nitrogen and oxygen atoms in total. The molecular formula is C26H25IN2O4. The fraction of sp³-hybridized carbons (Fsp3) is 0.346. The van der Waals surface area contributed by atoms with Crippen LogP contribution in [0.4, 0.5) is 0 Å². The fourth-order valence-electron chi connectivity index (χ4n) is 5.05. The molecule has 33 heavy (non-hydrogen) atoms. The molecule has 1 aliphatic rings. The maximum absolute atomic E-state index is 13.6. The van der Waals surface area contributed by atoms with Gasteiger partial charge in [-0.2, -0.15) is 0 Å². The number of carbonyl (C=O) groups is 1. The van der Waals surface area contributed by atoms with Crippen molar-refractivity contribution >= 4 is 50.4 Å². The Hall–Kier alpha value is -2.68. The fourth-order valence-corrected chi connectivity index (χ4v) is 5.79. The quantitative estimate of drug-likeness (QED) is 0.225. The van der Waals surface area contributed by atoms with Gasteiger partial charge in [-0.25, -0.2) is 0 Å². The molecule has 0 spiro atoms. The van der Waals surface area contributed by atoms with E-state index in [-0.39, 0.29) is 23.5 Å². The zero-order valence-electron chi connectivity index (χ0n) is 18.4. The van der Waals surface area contributed by atoms with Crippen LogP contribution in [-0.4, -0.2) is 15.7 Å². The van der Waals surface area contributed by atoms with Crippen LogP contribution in [0.1, 0.15) is 49.5 Å². The van der Waals surface area contributed by atoms with Gasteiger partial charge in [-0.1, -0.05) is 48.0 Å². The molecule has 7 heteroatoms. The summed E-state index contributed by atoms with van der Waals surface area (Å²) in [5.74, 6) is 0.555. The predicted molar refractivity (Wildman–Crippen MR) is 135 cm³/mol. The molecule has 2 aromatic carbocycles. The highest BCUT2D eigenvalue weighted by atomic mass is 127. The molecule has 2 unspecified atom stereocenters. The minimum Gasteiger partial charge on any atom is -0.461 e. The minimum atomic E-state index is -0.179. The van der Waals surface area contributed by atoms with Crippen molar-refractivity contribution in [2.24, 2.45) is 5.92 Å². The van der Waals surface area contributed by atoms with E-state index in [1.165, 1.54) is 0 Å². The molecule has 0 N–H and O–H groups in total. The molecule has 2 aromatic heterocycles. The van der Waals surface area contributed by atoms with Gasteiger partial charge in [0.05, 0.1) is 5.52 Å². The van der Waals surface area contributed by atoms with Gasteiger partial charge in [0.2, 0.25) is 0 Å². The number of aromatic nitrogens is 2.